The molecule has 0 spiro atoms. The lowest BCUT2D eigenvalue weighted by atomic mass is 10.2. The van der Waals surface area contributed by atoms with E-state index < -0.39 is 0 Å². The Morgan fingerprint density at radius 3 is 3.16 bits per heavy atom. The molecule has 0 fully saturated rings. The minimum absolute atomic E-state index is 0.0614. The third kappa shape index (κ3) is 1.43. The van der Waals surface area contributed by atoms with Crippen LogP contribution in [0.5, 0.6) is 0 Å². The Morgan fingerprint density at radius 1 is 1.26 bits per heavy atom. The molecule has 0 radical (unpaired) electrons. The van der Waals surface area contributed by atoms with E-state index in [2.05, 4.69) is 20.3 Å². The molecule has 4 heterocycles. The van der Waals surface area contributed by atoms with Gasteiger partial charge in [-0.1, -0.05) is 0 Å². The van der Waals surface area contributed by atoms with Crippen LogP contribution < -0.4 is 5.32 Å². The van der Waals surface area contributed by atoms with Gasteiger partial charge >= 0.3 is 0 Å². The average Bonchev–Trinajstić information content (AvgIpc) is 3.03. The van der Waals surface area contributed by atoms with E-state index in [-0.39, 0.29) is 5.91 Å². The second-order valence-electron chi connectivity index (χ2n) is 4.33. The largest absolute Gasteiger partial charge is 0.346 e. The SMILES string of the molecule is O=C1NCc2nc(-n3ccc4cncnc43)ccc21. The summed E-state index contributed by atoms with van der Waals surface area (Å²) in [5.74, 6) is 0.692. The van der Waals surface area contributed by atoms with E-state index in [0.29, 0.717) is 12.1 Å². The molecular weight excluding hydrogens is 242 g/mol. The Balaban J connectivity index is 1.91. The van der Waals surface area contributed by atoms with Crippen molar-refractivity contribution in [2.75, 3.05) is 0 Å². The normalized spacial score (nSPS) is 13.6. The Bertz CT molecular complexity index is 808. The van der Waals surface area contributed by atoms with E-state index in [0.717, 1.165) is 22.5 Å². The third-order valence-electron chi connectivity index (χ3n) is 3.22. The van der Waals surface area contributed by atoms with E-state index in [4.69, 9.17) is 0 Å². The molecule has 1 N–H and O–H groups in total. The molecule has 0 bridgehead atoms. The molecule has 0 saturated carbocycles. The number of aromatic nitrogens is 4. The molecule has 19 heavy (non-hydrogen) atoms. The topological polar surface area (TPSA) is 72.7 Å². The summed E-state index contributed by atoms with van der Waals surface area (Å²) in [5, 5.41) is 3.72. The highest BCUT2D eigenvalue weighted by atomic mass is 16.1. The van der Waals surface area contributed by atoms with Gasteiger partial charge in [-0.25, -0.2) is 15.0 Å². The van der Waals surface area contributed by atoms with Gasteiger partial charge in [0.15, 0.2) is 0 Å². The maximum absolute atomic E-state index is 11.5. The van der Waals surface area contributed by atoms with Crippen LogP contribution in [0, 0.1) is 0 Å². The molecule has 92 valence electrons. The lowest BCUT2D eigenvalue weighted by molar-refractivity contribution is 0.0966. The van der Waals surface area contributed by atoms with Crippen LogP contribution in [-0.4, -0.2) is 25.4 Å². The zero-order chi connectivity index (χ0) is 12.8. The summed E-state index contributed by atoms with van der Waals surface area (Å²) in [5.41, 5.74) is 2.23. The fourth-order valence-corrected chi connectivity index (χ4v) is 2.29. The highest BCUT2D eigenvalue weighted by molar-refractivity contribution is 5.97. The van der Waals surface area contributed by atoms with Gasteiger partial charge in [-0.15, -0.1) is 0 Å². The number of pyridine rings is 1. The van der Waals surface area contributed by atoms with E-state index in [9.17, 15) is 4.79 Å². The highest BCUT2D eigenvalue weighted by Gasteiger charge is 2.20. The van der Waals surface area contributed by atoms with Crippen LogP contribution >= 0.6 is 0 Å². The van der Waals surface area contributed by atoms with Gasteiger partial charge in [0.1, 0.15) is 17.8 Å². The molecule has 3 aromatic rings. The van der Waals surface area contributed by atoms with Gasteiger partial charge in [0.05, 0.1) is 17.8 Å². The molecule has 3 aromatic heterocycles. The van der Waals surface area contributed by atoms with Crippen molar-refractivity contribution in [1.29, 1.82) is 0 Å². The number of carbonyl (C=O) groups excluding carboxylic acids is 1. The summed E-state index contributed by atoms with van der Waals surface area (Å²) in [4.78, 5) is 24.3. The second kappa shape index (κ2) is 3.61. The maximum atomic E-state index is 11.5. The fourth-order valence-electron chi connectivity index (χ4n) is 2.29. The predicted octanol–water partition coefficient (Wildman–Crippen LogP) is 1.06. The lowest BCUT2D eigenvalue weighted by Crippen LogP contribution is -2.12. The van der Waals surface area contributed by atoms with E-state index >= 15 is 0 Å². The summed E-state index contributed by atoms with van der Waals surface area (Å²) in [7, 11) is 0. The molecule has 0 unspecified atom stereocenters. The Hall–Kier alpha value is -2.76. The minimum atomic E-state index is -0.0614. The fraction of sp³-hybridized carbons (Fsp3) is 0.0769. The minimum Gasteiger partial charge on any atom is -0.346 e. The van der Waals surface area contributed by atoms with Crippen LogP contribution in [0.4, 0.5) is 0 Å². The van der Waals surface area contributed by atoms with E-state index in [1.165, 1.54) is 6.33 Å². The third-order valence-corrected chi connectivity index (χ3v) is 3.22. The molecule has 4 rings (SSSR count). The Kier molecular flexibility index (Phi) is 1.94. The van der Waals surface area contributed by atoms with Crippen molar-refractivity contribution in [3.8, 4) is 5.82 Å². The summed E-state index contributed by atoms with van der Waals surface area (Å²) in [6, 6.07) is 5.56. The number of rotatable bonds is 1. The lowest BCUT2D eigenvalue weighted by Gasteiger charge is -2.04. The second-order valence-corrected chi connectivity index (χ2v) is 4.33. The molecule has 6 nitrogen and oxygen atoms in total. The molecule has 6 heteroatoms. The number of amides is 1. The summed E-state index contributed by atoms with van der Waals surface area (Å²) in [6.07, 6.45) is 5.17. The Morgan fingerprint density at radius 2 is 2.21 bits per heavy atom. The number of hydrogen-bond acceptors (Lipinski definition) is 4. The maximum Gasteiger partial charge on any atom is 0.253 e. The first-order chi connectivity index (χ1) is 9.33. The van der Waals surface area contributed by atoms with Crippen LogP contribution in [0.2, 0.25) is 0 Å². The van der Waals surface area contributed by atoms with Crippen LogP contribution in [0.1, 0.15) is 16.1 Å². The number of nitrogens with one attached hydrogen (secondary N) is 1. The van der Waals surface area contributed by atoms with E-state index in [1.807, 2.05) is 22.9 Å². The van der Waals surface area contributed by atoms with Gasteiger partial charge in [0, 0.05) is 17.8 Å². The number of hydrogen-bond donors (Lipinski definition) is 1. The monoisotopic (exact) mass is 251 g/mol. The molecule has 1 amide bonds. The Labute approximate surface area is 108 Å². The average molecular weight is 251 g/mol. The molecular formula is C13H9N5O. The van der Waals surface area contributed by atoms with Crippen LogP contribution in [0.3, 0.4) is 0 Å². The standard InChI is InChI=1S/C13H9N5O/c19-13-9-1-2-11(17-10(9)6-15-13)18-4-3-8-5-14-7-16-12(8)18/h1-5,7H,6H2,(H,15,19). The molecule has 0 saturated heterocycles. The summed E-state index contributed by atoms with van der Waals surface area (Å²) in [6.45, 7) is 0.482. The van der Waals surface area contributed by atoms with Gasteiger partial charge < -0.3 is 5.32 Å². The number of nitrogens with zero attached hydrogens (tertiary/aromatic N) is 4. The number of fused-ring (bicyclic) bond motifs is 2. The molecule has 1 aliphatic rings. The summed E-state index contributed by atoms with van der Waals surface area (Å²) >= 11 is 0. The first kappa shape index (κ1) is 10.2. The van der Waals surface area contributed by atoms with E-state index in [1.54, 1.807) is 12.3 Å². The van der Waals surface area contributed by atoms with Crippen molar-refractivity contribution in [3.63, 3.8) is 0 Å². The summed E-state index contributed by atoms with van der Waals surface area (Å²) < 4.78 is 1.89. The van der Waals surface area contributed by atoms with Crippen molar-refractivity contribution >= 4 is 16.9 Å². The zero-order valence-corrected chi connectivity index (χ0v) is 9.87. The zero-order valence-electron chi connectivity index (χ0n) is 9.87. The molecule has 0 aliphatic carbocycles. The van der Waals surface area contributed by atoms with Gasteiger partial charge in [-0.05, 0) is 18.2 Å². The first-order valence-electron chi connectivity index (χ1n) is 5.88. The van der Waals surface area contributed by atoms with Crippen molar-refractivity contribution in [1.82, 2.24) is 24.8 Å². The first-order valence-corrected chi connectivity index (χ1v) is 5.88. The van der Waals surface area contributed by atoms with Crippen LogP contribution in [-0.2, 0) is 6.54 Å². The van der Waals surface area contributed by atoms with Crippen molar-refractivity contribution in [2.24, 2.45) is 0 Å². The van der Waals surface area contributed by atoms with Crippen LogP contribution in [0.25, 0.3) is 16.9 Å². The van der Waals surface area contributed by atoms with Crippen molar-refractivity contribution in [2.45, 2.75) is 6.54 Å². The quantitative estimate of drug-likeness (QED) is 0.701. The predicted molar refractivity (Wildman–Crippen MR) is 67.8 cm³/mol. The van der Waals surface area contributed by atoms with Crippen molar-refractivity contribution < 1.29 is 4.79 Å². The molecule has 0 atom stereocenters. The van der Waals surface area contributed by atoms with Gasteiger partial charge in [-0.2, -0.15) is 0 Å². The molecule has 0 aromatic carbocycles. The smallest absolute Gasteiger partial charge is 0.253 e. The molecule has 1 aliphatic heterocycles. The number of carbonyl (C=O) groups is 1. The highest BCUT2D eigenvalue weighted by Crippen LogP contribution is 2.19. The van der Waals surface area contributed by atoms with Gasteiger partial charge in [0.2, 0.25) is 0 Å². The van der Waals surface area contributed by atoms with Gasteiger partial charge in [-0.3, -0.25) is 9.36 Å². The van der Waals surface area contributed by atoms with Gasteiger partial charge in [0.25, 0.3) is 5.91 Å². The van der Waals surface area contributed by atoms with Crippen LogP contribution in [0.15, 0.2) is 36.9 Å². The van der Waals surface area contributed by atoms with Crippen molar-refractivity contribution in [3.05, 3.63) is 48.2 Å².